The van der Waals surface area contributed by atoms with Crippen molar-refractivity contribution < 1.29 is 18.0 Å². The molecule has 0 spiro atoms. The fraction of sp³-hybridized carbons (Fsp3) is 0.415. The van der Waals surface area contributed by atoms with Crippen LogP contribution in [0.4, 0.5) is 0 Å². The van der Waals surface area contributed by atoms with Crippen molar-refractivity contribution in [2.75, 3.05) is 25.9 Å². The maximum atomic E-state index is 12.1. The molecule has 95 heavy (non-hydrogen) atoms. The van der Waals surface area contributed by atoms with Crippen molar-refractivity contribution in [3.63, 3.8) is 0 Å². The number of aryl methyl sites for hydroxylation is 1. The van der Waals surface area contributed by atoms with Crippen LogP contribution in [-0.4, -0.2) is 166 Å². The first-order chi connectivity index (χ1) is 45.9. The number of nitrogens with one attached hydrogen (secondary N) is 2. The summed E-state index contributed by atoms with van der Waals surface area (Å²) in [4.78, 5) is 40.6. The van der Waals surface area contributed by atoms with Gasteiger partial charge >= 0.3 is 0 Å². The molecule has 0 aromatic carbocycles. The number of likely N-dealkylation sites (tertiary alicyclic amines) is 1. The Balaban J connectivity index is 0.000000145. The van der Waals surface area contributed by atoms with E-state index in [0.29, 0.717) is 36.9 Å². The number of hydrogen-bond acceptors (Lipinski definition) is 17. The number of sulfonamides is 1. The number of nitrogens with zero attached hydrogens (tertiary/aromatic N) is 22. The lowest BCUT2D eigenvalue weighted by Crippen LogP contribution is -2.38. The summed E-state index contributed by atoms with van der Waals surface area (Å²) in [7, 11) is -1.71. The van der Waals surface area contributed by atoms with Gasteiger partial charge in [-0.3, -0.25) is 37.7 Å². The van der Waals surface area contributed by atoms with E-state index in [4.69, 9.17) is 20.1 Å². The molecule has 0 bridgehead atoms. The molecule has 498 valence electrons. The Hall–Kier alpha value is -10.1. The first-order valence-electron chi connectivity index (χ1n) is 32.5. The van der Waals surface area contributed by atoms with Crippen molar-refractivity contribution in [1.82, 2.24) is 118 Å². The summed E-state index contributed by atoms with van der Waals surface area (Å²) < 4.78 is 38.9. The van der Waals surface area contributed by atoms with Crippen molar-refractivity contribution in [1.29, 1.82) is 0 Å². The zero-order valence-electron chi connectivity index (χ0n) is 55.2. The van der Waals surface area contributed by atoms with Gasteiger partial charge in [-0.1, -0.05) is 41.5 Å². The molecule has 0 aliphatic carbocycles. The number of carbonyl (C=O) groups is 2. The minimum atomic E-state index is -3.55. The van der Waals surface area contributed by atoms with E-state index < -0.39 is 10.0 Å². The van der Waals surface area contributed by atoms with Gasteiger partial charge < -0.3 is 15.5 Å². The number of likely N-dealkylation sites (N-methyl/N-ethyl adjacent to an activating group) is 1. The molecule has 1 atom stereocenters. The van der Waals surface area contributed by atoms with E-state index in [2.05, 4.69) is 110 Å². The number of fused-ring (bicyclic) bond motifs is 3. The third-order valence-corrected chi connectivity index (χ3v) is 17.8. The van der Waals surface area contributed by atoms with Crippen LogP contribution in [0.3, 0.4) is 0 Å². The van der Waals surface area contributed by atoms with Crippen molar-refractivity contribution in [3.8, 4) is 67.5 Å². The monoisotopic (exact) mass is 1310 g/mol. The lowest BCUT2D eigenvalue weighted by molar-refractivity contribution is -0.128. The molecule has 0 saturated carbocycles. The van der Waals surface area contributed by atoms with Crippen LogP contribution in [0.5, 0.6) is 0 Å². The summed E-state index contributed by atoms with van der Waals surface area (Å²) >= 11 is 0. The number of hydrogen-bond donors (Lipinski definition) is 3. The maximum Gasteiger partial charge on any atom is 0.241 e. The SMILES string of the molecule is CCC(CC)n1cc(-c2nc(-c3cnn(CC(=O)NC(C)C)c3)cn3nccc23)cn1.CCC(CC)n1cc(-c2nc(-c3cnn(CCN[C@H]4CCN(C)C4=O)c3)cn3nccc23)cn1.CCC(CC)n1cc(-c2nc(-c3cnn(CCS(N)(=O)=O)c3)cn3nccc23)cn1. The van der Waals surface area contributed by atoms with Crippen LogP contribution in [0.15, 0.2) is 130 Å². The predicted molar refractivity (Wildman–Crippen MR) is 360 cm³/mol. The molecule has 30 heteroatoms. The summed E-state index contributed by atoms with van der Waals surface area (Å²) in [6, 6.07) is 6.92. The van der Waals surface area contributed by atoms with E-state index in [-0.39, 0.29) is 42.7 Å². The van der Waals surface area contributed by atoms with Crippen LogP contribution in [0.2, 0.25) is 0 Å². The van der Waals surface area contributed by atoms with Crippen LogP contribution in [0.25, 0.3) is 84.1 Å². The molecule has 1 aliphatic rings. The second kappa shape index (κ2) is 29.5. The lowest BCUT2D eigenvalue weighted by Gasteiger charge is -2.12. The molecular formula is C65H83N25O4S. The maximum absolute atomic E-state index is 12.1. The molecule has 2 amide bonds. The molecule has 1 aliphatic heterocycles. The highest BCUT2D eigenvalue weighted by Crippen LogP contribution is 2.32. The number of primary sulfonamides is 1. The molecule has 1 fully saturated rings. The van der Waals surface area contributed by atoms with Gasteiger partial charge in [0.25, 0.3) is 0 Å². The van der Waals surface area contributed by atoms with Gasteiger partial charge in [0.1, 0.15) is 6.54 Å². The molecule has 1 saturated heterocycles. The Morgan fingerprint density at radius 3 is 1.27 bits per heavy atom. The molecule has 13 heterocycles. The third kappa shape index (κ3) is 15.5. The van der Waals surface area contributed by atoms with Crippen molar-refractivity contribution in [2.24, 2.45) is 5.14 Å². The first-order valence-corrected chi connectivity index (χ1v) is 34.2. The van der Waals surface area contributed by atoms with Crippen LogP contribution < -0.4 is 15.8 Å². The van der Waals surface area contributed by atoms with Gasteiger partial charge in [0.15, 0.2) is 0 Å². The summed E-state index contributed by atoms with van der Waals surface area (Å²) in [6.45, 7) is 19.4. The average molecular weight is 1310 g/mol. The second-order valence-electron chi connectivity index (χ2n) is 24.0. The van der Waals surface area contributed by atoms with Crippen LogP contribution in [-0.2, 0) is 39.2 Å². The van der Waals surface area contributed by atoms with E-state index in [9.17, 15) is 18.0 Å². The number of nitrogens with two attached hydrogens (primary N) is 1. The number of carbonyl (C=O) groups excluding carboxylic acids is 2. The fourth-order valence-electron chi connectivity index (χ4n) is 11.7. The van der Waals surface area contributed by atoms with Gasteiger partial charge in [-0.2, -0.15) is 45.9 Å². The molecule has 29 nitrogen and oxygen atoms in total. The zero-order chi connectivity index (χ0) is 66.9. The normalized spacial score (nSPS) is 13.6. The summed E-state index contributed by atoms with van der Waals surface area (Å²) in [5, 5.41) is 51.3. The Morgan fingerprint density at radius 2 is 0.905 bits per heavy atom. The number of amides is 2. The minimum absolute atomic E-state index is 0.0744. The molecule has 4 N–H and O–H groups in total. The molecule has 12 aromatic heterocycles. The molecule has 0 unspecified atom stereocenters. The summed E-state index contributed by atoms with van der Waals surface area (Å²) in [6.07, 6.45) is 40.4. The predicted octanol–water partition coefficient (Wildman–Crippen LogP) is 8.09. The first kappa shape index (κ1) is 66.4. The number of rotatable bonds is 25. The Labute approximate surface area is 550 Å². The van der Waals surface area contributed by atoms with Gasteiger partial charge in [0.2, 0.25) is 21.8 Å². The van der Waals surface area contributed by atoms with E-state index >= 15 is 0 Å². The van der Waals surface area contributed by atoms with E-state index in [1.165, 1.54) is 0 Å². The Morgan fingerprint density at radius 1 is 0.526 bits per heavy atom. The highest BCUT2D eigenvalue weighted by molar-refractivity contribution is 7.89. The average Bonchev–Trinajstić information content (AvgIpc) is 1.65. The Kier molecular flexibility index (Phi) is 20.6. The van der Waals surface area contributed by atoms with Gasteiger partial charge in [-0.25, -0.2) is 42.1 Å². The van der Waals surface area contributed by atoms with Crippen molar-refractivity contribution >= 4 is 38.4 Å². The van der Waals surface area contributed by atoms with Crippen LogP contribution >= 0.6 is 0 Å². The molecule has 0 radical (unpaired) electrons. The van der Waals surface area contributed by atoms with Gasteiger partial charge in [-0.15, -0.1) is 0 Å². The molecular weight excluding hydrogens is 1230 g/mol. The topological polar surface area (TPSA) is 319 Å². The highest BCUT2D eigenvalue weighted by Gasteiger charge is 2.28. The molecule has 12 aromatic rings. The van der Waals surface area contributed by atoms with Crippen LogP contribution in [0, 0.1) is 0 Å². The quantitative estimate of drug-likeness (QED) is 0.0486. The lowest BCUT2D eigenvalue weighted by atomic mass is 10.1. The van der Waals surface area contributed by atoms with Gasteiger partial charge in [0, 0.05) is 96.7 Å². The smallest absolute Gasteiger partial charge is 0.241 e. The fourth-order valence-corrected chi connectivity index (χ4v) is 12.2. The Bertz CT molecular complexity index is 4660. The molecule has 13 rings (SSSR count). The summed E-state index contributed by atoms with van der Waals surface area (Å²) in [5.41, 5.74) is 12.7. The largest absolute Gasteiger partial charge is 0.352 e. The minimum Gasteiger partial charge on any atom is -0.352 e. The van der Waals surface area contributed by atoms with Crippen molar-refractivity contribution in [2.45, 2.75) is 150 Å². The van der Waals surface area contributed by atoms with E-state index in [1.54, 1.807) is 56.0 Å². The van der Waals surface area contributed by atoms with Gasteiger partial charge in [-0.05, 0) is 77.0 Å². The summed E-state index contributed by atoms with van der Waals surface area (Å²) in [5.74, 6) is -0.0900. The van der Waals surface area contributed by atoms with E-state index in [1.807, 2.05) is 129 Å². The number of aromatic nitrogens is 21. The van der Waals surface area contributed by atoms with Gasteiger partial charge in [0.05, 0.1) is 168 Å². The third-order valence-electron chi connectivity index (χ3n) is 17.1. The standard InChI is InChI=1S/C24H31N9O.C22H28N8O.C19H24N8O2S/c1-4-19(5-2)32-15-18(13-28-32)23-22-6-8-26-33(22)16-21(29-23)17-12-27-31(14-17)11-9-25-20-7-10-30(3)24(20)34;1-5-18(6-2)29-12-17(10-25-29)22-20-7-8-23-30(20)13-19(27-22)16-9-24-28(11-16)14-21(31)26-15(3)4;1-3-16(4-2)26-12-15(10-23-26)19-18-5-6-21-27(18)13-17(24-19)14-9-22-25(11-14)7-8-30(20,28)29/h6,8,12-16,19-20,25H,4-5,7,9-11H2,1-3H3;7-13,15,18H,5-6,14H2,1-4H3,(H,26,31);5-6,9-13,16H,3-4,7-8H2,1-2H3,(H2,20,28,29)/t20-;;/m0../s1. The highest BCUT2D eigenvalue weighted by atomic mass is 32.2. The zero-order valence-corrected chi connectivity index (χ0v) is 56.0. The van der Waals surface area contributed by atoms with E-state index in [0.717, 1.165) is 130 Å². The second-order valence-corrected chi connectivity index (χ2v) is 25.7. The van der Waals surface area contributed by atoms with Crippen LogP contribution in [0.1, 0.15) is 118 Å². The van der Waals surface area contributed by atoms with Crippen molar-refractivity contribution in [3.05, 3.63) is 130 Å².